The minimum Gasteiger partial charge on any atom is -0.346 e. The fraction of sp³-hybridized carbons (Fsp3) is 0.375. The number of amides is 4. The lowest BCUT2D eigenvalue weighted by molar-refractivity contribution is -0.122. The summed E-state index contributed by atoms with van der Waals surface area (Å²) >= 11 is 0. The number of barbiturate groups is 1. The Labute approximate surface area is 176 Å². The largest absolute Gasteiger partial charge is 0.346 e. The average molecular weight is 405 g/mol. The lowest BCUT2D eigenvalue weighted by Crippen LogP contribution is -2.54. The van der Waals surface area contributed by atoms with Gasteiger partial charge in [-0.2, -0.15) is 0 Å². The first-order valence-electron chi connectivity index (χ1n) is 10.5. The molecule has 156 valence electrons. The molecule has 0 bridgehead atoms. The molecule has 1 N–H and O–H groups in total. The summed E-state index contributed by atoms with van der Waals surface area (Å²) in [7, 11) is 0. The second kappa shape index (κ2) is 7.94. The van der Waals surface area contributed by atoms with E-state index >= 15 is 0 Å². The highest BCUT2D eigenvalue weighted by molar-refractivity contribution is 6.39. The summed E-state index contributed by atoms with van der Waals surface area (Å²) in [6, 6.07) is 8.82. The van der Waals surface area contributed by atoms with Crippen molar-refractivity contribution in [3.05, 3.63) is 58.4 Å². The van der Waals surface area contributed by atoms with E-state index in [4.69, 9.17) is 0 Å². The van der Waals surface area contributed by atoms with Gasteiger partial charge < -0.3 is 4.57 Å². The average Bonchev–Trinajstić information content (AvgIpc) is 3.00. The van der Waals surface area contributed by atoms with Gasteiger partial charge in [-0.15, -0.1) is 0 Å². The van der Waals surface area contributed by atoms with Gasteiger partial charge in [0.15, 0.2) is 0 Å². The molecule has 2 fully saturated rings. The molecule has 2 aliphatic rings. The maximum Gasteiger partial charge on any atom is 0.335 e. The SMILES string of the molecule is Cc1ccc(N2C(=O)NC(=O)/C(=C\c3cc(C)n(C4CCCCC4)c3C)C2=O)cc1. The maximum absolute atomic E-state index is 13.1. The number of carbonyl (C=O) groups excluding carboxylic acids is 3. The number of benzene rings is 1. The summed E-state index contributed by atoms with van der Waals surface area (Å²) in [5.74, 6) is -1.26. The first-order valence-corrected chi connectivity index (χ1v) is 10.5. The number of hydrogen-bond acceptors (Lipinski definition) is 3. The van der Waals surface area contributed by atoms with Crippen LogP contribution in [0.2, 0.25) is 0 Å². The topological polar surface area (TPSA) is 71.4 Å². The van der Waals surface area contributed by atoms with Crippen molar-refractivity contribution in [1.29, 1.82) is 0 Å². The molecule has 1 aromatic carbocycles. The number of imide groups is 2. The lowest BCUT2D eigenvalue weighted by atomic mass is 9.95. The zero-order valence-corrected chi connectivity index (χ0v) is 17.7. The Bertz CT molecular complexity index is 1040. The van der Waals surface area contributed by atoms with Gasteiger partial charge in [-0.05, 0) is 63.5 Å². The van der Waals surface area contributed by atoms with Gasteiger partial charge in [0.05, 0.1) is 5.69 Å². The number of urea groups is 1. The number of aryl methyl sites for hydroxylation is 2. The van der Waals surface area contributed by atoms with E-state index < -0.39 is 17.8 Å². The number of nitrogens with zero attached hydrogens (tertiary/aromatic N) is 2. The van der Waals surface area contributed by atoms with Crippen molar-refractivity contribution in [3.63, 3.8) is 0 Å². The Morgan fingerprint density at radius 3 is 2.30 bits per heavy atom. The molecule has 6 heteroatoms. The van der Waals surface area contributed by atoms with E-state index in [1.807, 2.05) is 32.0 Å². The second-order valence-electron chi connectivity index (χ2n) is 8.28. The molecule has 6 nitrogen and oxygen atoms in total. The summed E-state index contributed by atoms with van der Waals surface area (Å²) in [5.41, 5.74) is 4.45. The highest BCUT2D eigenvalue weighted by Crippen LogP contribution is 2.33. The van der Waals surface area contributed by atoms with Gasteiger partial charge in [0.25, 0.3) is 11.8 Å². The molecular weight excluding hydrogens is 378 g/mol. The van der Waals surface area contributed by atoms with Crippen molar-refractivity contribution in [2.45, 2.75) is 58.9 Å². The van der Waals surface area contributed by atoms with Crippen molar-refractivity contribution in [3.8, 4) is 0 Å². The van der Waals surface area contributed by atoms with Crippen LogP contribution in [0.15, 0.2) is 35.9 Å². The summed E-state index contributed by atoms with van der Waals surface area (Å²) < 4.78 is 2.33. The quantitative estimate of drug-likeness (QED) is 0.600. The van der Waals surface area contributed by atoms with Crippen molar-refractivity contribution >= 4 is 29.6 Å². The second-order valence-corrected chi connectivity index (χ2v) is 8.28. The fourth-order valence-corrected chi connectivity index (χ4v) is 4.59. The van der Waals surface area contributed by atoms with E-state index in [0.717, 1.165) is 40.3 Å². The third kappa shape index (κ3) is 3.58. The molecule has 0 radical (unpaired) electrons. The molecule has 1 aliphatic heterocycles. The third-order valence-corrected chi connectivity index (χ3v) is 6.16. The van der Waals surface area contributed by atoms with E-state index in [-0.39, 0.29) is 5.57 Å². The van der Waals surface area contributed by atoms with Gasteiger partial charge in [0, 0.05) is 17.4 Å². The molecule has 4 amide bonds. The molecule has 1 aliphatic carbocycles. The van der Waals surface area contributed by atoms with E-state index in [1.54, 1.807) is 18.2 Å². The highest BCUT2D eigenvalue weighted by Gasteiger charge is 2.37. The van der Waals surface area contributed by atoms with Crippen molar-refractivity contribution < 1.29 is 14.4 Å². The number of anilines is 1. The van der Waals surface area contributed by atoms with Crippen LogP contribution in [0.4, 0.5) is 10.5 Å². The summed E-state index contributed by atoms with van der Waals surface area (Å²) in [5, 5.41) is 2.30. The van der Waals surface area contributed by atoms with Crippen LogP contribution in [0, 0.1) is 20.8 Å². The predicted octanol–water partition coefficient (Wildman–Crippen LogP) is 4.58. The molecule has 4 rings (SSSR count). The van der Waals surface area contributed by atoms with Crippen molar-refractivity contribution in [2.75, 3.05) is 4.90 Å². The van der Waals surface area contributed by atoms with Gasteiger partial charge in [-0.3, -0.25) is 14.9 Å². The molecule has 0 spiro atoms. The minimum atomic E-state index is -0.723. The number of rotatable bonds is 3. The molecule has 1 saturated carbocycles. The Morgan fingerprint density at radius 2 is 1.63 bits per heavy atom. The molecule has 1 saturated heterocycles. The smallest absolute Gasteiger partial charge is 0.335 e. The summed E-state index contributed by atoms with van der Waals surface area (Å²) in [6.45, 7) is 6.02. The molecule has 2 aromatic rings. The lowest BCUT2D eigenvalue weighted by Gasteiger charge is -2.27. The van der Waals surface area contributed by atoms with Crippen LogP contribution >= 0.6 is 0 Å². The Balaban J connectivity index is 1.70. The van der Waals surface area contributed by atoms with Crippen LogP contribution in [-0.4, -0.2) is 22.4 Å². The zero-order chi connectivity index (χ0) is 21.4. The van der Waals surface area contributed by atoms with Crippen molar-refractivity contribution in [1.82, 2.24) is 9.88 Å². The van der Waals surface area contributed by atoms with E-state index in [9.17, 15) is 14.4 Å². The zero-order valence-electron chi connectivity index (χ0n) is 17.7. The summed E-state index contributed by atoms with van der Waals surface area (Å²) in [6.07, 6.45) is 7.67. The van der Waals surface area contributed by atoms with Crippen LogP contribution in [0.1, 0.15) is 60.7 Å². The standard InChI is InChI=1S/C24H27N3O3/c1-15-9-11-20(12-10-15)27-23(29)21(22(28)25-24(27)30)14-18-13-16(2)26(17(18)3)19-7-5-4-6-8-19/h9-14,19H,4-8H2,1-3H3,(H,25,28,30)/b21-14+. The molecule has 30 heavy (non-hydrogen) atoms. The van der Waals surface area contributed by atoms with Gasteiger partial charge in [-0.25, -0.2) is 9.69 Å². The first-order chi connectivity index (χ1) is 14.4. The van der Waals surface area contributed by atoms with E-state index in [1.165, 1.54) is 19.3 Å². The molecule has 0 atom stereocenters. The van der Waals surface area contributed by atoms with Gasteiger partial charge in [0.2, 0.25) is 0 Å². The Kier molecular flexibility index (Phi) is 5.33. The Morgan fingerprint density at radius 1 is 0.967 bits per heavy atom. The number of carbonyl (C=O) groups is 3. The van der Waals surface area contributed by atoms with Gasteiger partial charge in [0.1, 0.15) is 5.57 Å². The van der Waals surface area contributed by atoms with E-state index in [0.29, 0.717) is 11.7 Å². The van der Waals surface area contributed by atoms with Gasteiger partial charge in [-0.1, -0.05) is 37.0 Å². The molecule has 2 heterocycles. The predicted molar refractivity (Wildman–Crippen MR) is 116 cm³/mol. The maximum atomic E-state index is 13.1. The van der Waals surface area contributed by atoms with Crippen molar-refractivity contribution in [2.24, 2.45) is 0 Å². The van der Waals surface area contributed by atoms with E-state index in [2.05, 4.69) is 16.8 Å². The minimum absolute atomic E-state index is 0.0286. The number of hydrogen-bond donors (Lipinski definition) is 1. The first kappa shape index (κ1) is 20.1. The van der Waals surface area contributed by atoms with Crippen LogP contribution < -0.4 is 10.2 Å². The number of nitrogens with one attached hydrogen (secondary N) is 1. The van der Waals surface area contributed by atoms with Crippen LogP contribution in [-0.2, 0) is 9.59 Å². The van der Waals surface area contributed by atoms with Crippen LogP contribution in [0.3, 0.4) is 0 Å². The van der Waals surface area contributed by atoms with Crippen LogP contribution in [0.5, 0.6) is 0 Å². The van der Waals surface area contributed by atoms with Crippen LogP contribution in [0.25, 0.3) is 6.08 Å². The normalized spacial score (nSPS) is 19.5. The molecule has 0 unspecified atom stereocenters. The Hall–Kier alpha value is -3.15. The monoisotopic (exact) mass is 405 g/mol. The van der Waals surface area contributed by atoms with Gasteiger partial charge >= 0.3 is 6.03 Å². The third-order valence-electron chi connectivity index (χ3n) is 6.16. The molecule has 1 aromatic heterocycles. The highest BCUT2D eigenvalue weighted by atomic mass is 16.2. The fourth-order valence-electron chi connectivity index (χ4n) is 4.59. The molecular formula is C24H27N3O3. The number of aromatic nitrogens is 1. The summed E-state index contributed by atoms with van der Waals surface area (Å²) in [4.78, 5) is 39.0.